The highest BCUT2D eigenvalue weighted by atomic mass is 35.5. The molecular weight excluding hydrogens is 332 g/mol. The zero-order chi connectivity index (χ0) is 15.6. The van der Waals surface area contributed by atoms with Gasteiger partial charge in [0.25, 0.3) is 6.01 Å². The minimum Gasteiger partial charge on any atom is -0.424 e. The van der Waals surface area contributed by atoms with Gasteiger partial charge in [0.05, 0.1) is 11.2 Å². The van der Waals surface area contributed by atoms with Crippen molar-refractivity contribution in [1.29, 1.82) is 0 Å². The van der Waals surface area contributed by atoms with E-state index in [0.717, 1.165) is 33.8 Å². The van der Waals surface area contributed by atoms with Crippen molar-refractivity contribution in [3.05, 3.63) is 52.8 Å². The van der Waals surface area contributed by atoms with Crippen LogP contribution in [-0.2, 0) is 6.42 Å². The molecule has 0 amide bonds. The number of aromatic amines is 1. The number of nitrogens with zero attached hydrogens (tertiary/aromatic N) is 2. The number of hydrogen-bond donors (Lipinski definition) is 2. The van der Waals surface area contributed by atoms with Crippen molar-refractivity contribution in [1.82, 2.24) is 15.0 Å². The molecule has 5 nitrogen and oxygen atoms in total. The first-order valence-corrected chi connectivity index (χ1v) is 8.41. The van der Waals surface area contributed by atoms with Gasteiger partial charge in [-0.2, -0.15) is 4.98 Å². The average Bonchev–Trinajstić information content (AvgIpc) is 3.26. The molecule has 116 valence electrons. The monoisotopic (exact) mass is 344 g/mol. The zero-order valence-corrected chi connectivity index (χ0v) is 13.6. The molecular formula is C16H13ClN4OS. The van der Waals surface area contributed by atoms with E-state index in [1.54, 1.807) is 29.8 Å². The molecule has 4 aromatic rings. The summed E-state index contributed by atoms with van der Waals surface area (Å²) in [4.78, 5) is 13.1. The van der Waals surface area contributed by atoms with E-state index < -0.39 is 0 Å². The Bertz CT molecular complexity index is 929. The number of oxazole rings is 1. The Morgan fingerprint density at radius 3 is 3.13 bits per heavy atom. The molecule has 7 heteroatoms. The normalized spacial score (nSPS) is 11.2. The number of benzene rings is 1. The summed E-state index contributed by atoms with van der Waals surface area (Å²) >= 11 is 7.64. The van der Waals surface area contributed by atoms with Crippen molar-refractivity contribution < 1.29 is 4.42 Å². The third-order valence-electron chi connectivity index (χ3n) is 3.47. The molecule has 0 aliphatic carbocycles. The second-order valence-electron chi connectivity index (χ2n) is 5.01. The predicted octanol–water partition coefficient (Wildman–Crippen LogP) is 4.59. The summed E-state index contributed by atoms with van der Waals surface area (Å²) in [5.41, 5.74) is 3.57. The summed E-state index contributed by atoms with van der Waals surface area (Å²) in [5, 5.41) is 5.90. The van der Waals surface area contributed by atoms with Gasteiger partial charge >= 0.3 is 0 Å². The van der Waals surface area contributed by atoms with Crippen LogP contribution in [0.5, 0.6) is 0 Å². The van der Waals surface area contributed by atoms with Crippen LogP contribution in [0, 0.1) is 0 Å². The molecule has 1 aromatic carbocycles. The lowest BCUT2D eigenvalue weighted by molar-refractivity contribution is 0.614. The van der Waals surface area contributed by atoms with Crippen LogP contribution in [0.2, 0.25) is 5.02 Å². The van der Waals surface area contributed by atoms with Gasteiger partial charge in [-0.15, -0.1) is 11.3 Å². The Hall–Kier alpha value is -2.31. The number of hydrogen-bond acceptors (Lipinski definition) is 5. The lowest BCUT2D eigenvalue weighted by Gasteiger charge is -2.02. The second-order valence-corrected chi connectivity index (χ2v) is 6.40. The van der Waals surface area contributed by atoms with Crippen molar-refractivity contribution in [2.45, 2.75) is 6.42 Å². The molecule has 0 saturated carbocycles. The fourth-order valence-corrected chi connectivity index (χ4v) is 3.32. The van der Waals surface area contributed by atoms with Gasteiger partial charge in [0, 0.05) is 23.7 Å². The van der Waals surface area contributed by atoms with Gasteiger partial charge in [-0.25, -0.2) is 4.98 Å². The van der Waals surface area contributed by atoms with E-state index in [9.17, 15) is 0 Å². The predicted molar refractivity (Wildman–Crippen MR) is 93.1 cm³/mol. The van der Waals surface area contributed by atoms with Crippen LogP contribution in [0.1, 0.15) is 5.69 Å². The second kappa shape index (κ2) is 6.06. The number of H-pyrrole nitrogens is 1. The summed E-state index contributed by atoms with van der Waals surface area (Å²) in [5.74, 6) is 0. The van der Waals surface area contributed by atoms with Gasteiger partial charge < -0.3 is 14.7 Å². The molecule has 0 atom stereocenters. The summed E-state index contributed by atoms with van der Waals surface area (Å²) in [6.45, 7) is 0.696. The van der Waals surface area contributed by atoms with Crippen LogP contribution in [0.25, 0.3) is 21.7 Å². The van der Waals surface area contributed by atoms with E-state index in [2.05, 4.69) is 31.7 Å². The standard InChI is InChI=1S/C16H13ClN4OS/c17-10-3-4-13-12(8-10)21-16(22-13)18-6-5-11-15(20-9-19-11)14-2-1-7-23-14/h1-4,7-9H,5-6H2,(H,18,21)(H,19,20). The van der Waals surface area contributed by atoms with Crippen molar-refractivity contribution in [3.8, 4) is 10.6 Å². The molecule has 0 aliphatic rings. The molecule has 0 saturated heterocycles. The summed E-state index contributed by atoms with van der Waals surface area (Å²) in [6, 6.07) is 9.99. The molecule has 3 aromatic heterocycles. The molecule has 0 aliphatic heterocycles. The number of anilines is 1. The highest BCUT2D eigenvalue weighted by Gasteiger charge is 2.10. The molecule has 0 radical (unpaired) electrons. The van der Waals surface area contributed by atoms with E-state index in [0.29, 0.717) is 17.6 Å². The van der Waals surface area contributed by atoms with E-state index in [4.69, 9.17) is 16.0 Å². The quantitative estimate of drug-likeness (QED) is 0.555. The molecule has 0 unspecified atom stereocenters. The van der Waals surface area contributed by atoms with Gasteiger partial charge in [0.1, 0.15) is 11.2 Å². The molecule has 0 bridgehead atoms. The number of halogens is 1. The van der Waals surface area contributed by atoms with Crippen LogP contribution in [0.15, 0.2) is 46.5 Å². The highest BCUT2D eigenvalue weighted by Crippen LogP contribution is 2.26. The van der Waals surface area contributed by atoms with Gasteiger partial charge in [-0.3, -0.25) is 0 Å². The minimum absolute atomic E-state index is 0.499. The number of imidazole rings is 1. The Kier molecular flexibility index (Phi) is 3.77. The van der Waals surface area contributed by atoms with E-state index >= 15 is 0 Å². The fraction of sp³-hybridized carbons (Fsp3) is 0.125. The number of aromatic nitrogens is 3. The van der Waals surface area contributed by atoms with Gasteiger partial charge in [-0.05, 0) is 29.6 Å². The zero-order valence-electron chi connectivity index (χ0n) is 12.0. The topological polar surface area (TPSA) is 66.7 Å². The first-order chi connectivity index (χ1) is 11.3. The molecule has 0 fully saturated rings. The Labute approximate surface area is 141 Å². The number of fused-ring (bicyclic) bond motifs is 1. The number of rotatable bonds is 5. The smallest absolute Gasteiger partial charge is 0.295 e. The molecule has 0 spiro atoms. The Morgan fingerprint density at radius 2 is 2.26 bits per heavy atom. The lowest BCUT2D eigenvalue weighted by atomic mass is 10.2. The molecule has 2 N–H and O–H groups in total. The van der Waals surface area contributed by atoms with E-state index in [1.807, 2.05) is 12.1 Å². The van der Waals surface area contributed by atoms with Gasteiger partial charge in [0.2, 0.25) is 0 Å². The first-order valence-electron chi connectivity index (χ1n) is 7.16. The third kappa shape index (κ3) is 2.95. The Morgan fingerprint density at radius 1 is 1.30 bits per heavy atom. The lowest BCUT2D eigenvalue weighted by Crippen LogP contribution is -2.05. The van der Waals surface area contributed by atoms with E-state index in [1.165, 1.54) is 0 Å². The van der Waals surface area contributed by atoms with Crippen LogP contribution >= 0.6 is 22.9 Å². The SMILES string of the molecule is Clc1ccc2oc(NCCc3[nH]cnc3-c3cccs3)nc2c1. The largest absolute Gasteiger partial charge is 0.424 e. The Balaban J connectivity index is 1.44. The van der Waals surface area contributed by atoms with Crippen LogP contribution < -0.4 is 5.32 Å². The van der Waals surface area contributed by atoms with E-state index in [-0.39, 0.29) is 0 Å². The van der Waals surface area contributed by atoms with Gasteiger partial charge in [0.15, 0.2) is 5.58 Å². The van der Waals surface area contributed by atoms with Crippen LogP contribution in [-0.4, -0.2) is 21.5 Å². The highest BCUT2D eigenvalue weighted by molar-refractivity contribution is 7.13. The molecule has 23 heavy (non-hydrogen) atoms. The average molecular weight is 345 g/mol. The van der Waals surface area contributed by atoms with Crippen LogP contribution in [0.3, 0.4) is 0 Å². The number of nitrogens with one attached hydrogen (secondary N) is 2. The van der Waals surface area contributed by atoms with Crippen molar-refractivity contribution in [2.24, 2.45) is 0 Å². The maximum atomic E-state index is 5.95. The summed E-state index contributed by atoms with van der Waals surface area (Å²) in [6.07, 6.45) is 2.53. The summed E-state index contributed by atoms with van der Waals surface area (Å²) < 4.78 is 5.64. The van der Waals surface area contributed by atoms with Crippen molar-refractivity contribution in [2.75, 3.05) is 11.9 Å². The maximum Gasteiger partial charge on any atom is 0.295 e. The van der Waals surface area contributed by atoms with Crippen LogP contribution in [0.4, 0.5) is 6.01 Å². The van der Waals surface area contributed by atoms with Crippen molar-refractivity contribution >= 4 is 40.1 Å². The third-order valence-corrected chi connectivity index (χ3v) is 4.59. The minimum atomic E-state index is 0.499. The maximum absolute atomic E-state index is 5.95. The molecule has 3 heterocycles. The first kappa shape index (κ1) is 14.3. The molecule has 4 rings (SSSR count). The fourth-order valence-electron chi connectivity index (χ4n) is 2.41. The summed E-state index contributed by atoms with van der Waals surface area (Å²) in [7, 11) is 0. The van der Waals surface area contributed by atoms with Gasteiger partial charge in [-0.1, -0.05) is 17.7 Å². The van der Waals surface area contributed by atoms with Crippen molar-refractivity contribution in [3.63, 3.8) is 0 Å². The number of thiophene rings is 1.